The van der Waals surface area contributed by atoms with Crippen LogP contribution in [0.2, 0.25) is 0 Å². The van der Waals surface area contributed by atoms with Crippen molar-refractivity contribution in [2.24, 2.45) is 0 Å². The van der Waals surface area contributed by atoms with Crippen LogP contribution in [0.15, 0.2) is 24.3 Å². The Morgan fingerprint density at radius 1 is 1.08 bits per heavy atom. The number of hydrogen-bond acceptors (Lipinski definition) is 1. The van der Waals surface area contributed by atoms with Gasteiger partial charge in [-0.05, 0) is 45.0 Å². The molecule has 2 nitrogen and oxygen atoms in total. The zero-order valence-electron chi connectivity index (χ0n) is 8.58. The number of rotatable bonds is 3. The van der Waals surface area contributed by atoms with Gasteiger partial charge in [0.05, 0.1) is 6.10 Å². The van der Waals surface area contributed by atoms with Crippen LogP contribution in [0.25, 0.3) is 0 Å². The van der Waals surface area contributed by atoms with Crippen molar-refractivity contribution in [3.8, 4) is 5.75 Å². The Hall–Kier alpha value is -1.02. The topological polar surface area (TPSA) is 36.9 Å². The largest absolute Gasteiger partial charge is 0.491 e. The van der Waals surface area contributed by atoms with E-state index in [1.165, 1.54) is 5.56 Å². The number of hydrogen-bond donors (Lipinski definition) is 1. The molecule has 0 aliphatic rings. The van der Waals surface area contributed by atoms with Gasteiger partial charge in [-0.25, -0.2) is 0 Å². The summed E-state index contributed by atoms with van der Waals surface area (Å²) in [6.07, 6.45) is 0.239. The minimum absolute atomic E-state index is 0.239. The number of benzene rings is 1. The Kier molecular flexibility index (Phi) is 3.32. The van der Waals surface area contributed by atoms with Crippen molar-refractivity contribution in [3.05, 3.63) is 29.8 Å². The Labute approximate surface area is 79.7 Å². The minimum Gasteiger partial charge on any atom is -0.491 e. The van der Waals surface area contributed by atoms with Crippen molar-refractivity contribution >= 4 is 0 Å². The highest BCUT2D eigenvalue weighted by Crippen LogP contribution is 2.16. The lowest BCUT2D eigenvalue weighted by atomic mass is 10.1. The van der Waals surface area contributed by atoms with E-state index in [4.69, 9.17) is 4.74 Å². The van der Waals surface area contributed by atoms with E-state index < -0.39 is 0 Å². The molecule has 1 aromatic carbocycles. The van der Waals surface area contributed by atoms with Crippen LogP contribution in [0, 0.1) is 0 Å². The van der Waals surface area contributed by atoms with Crippen LogP contribution in [0.4, 0.5) is 0 Å². The van der Waals surface area contributed by atoms with Gasteiger partial charge in [-0.1, -0.05) is 0 Å². The molecule has 0 aliphatic carbocycles. The van der Waals surface area contributed by atoms with Crippen molar-refractivity contribution in [2.45, 2.75) is 32.9 Å². The van der Waals surface area contributed by atoms with Crippen molar-refractivity contribution in [1.82, 2.24) is 0 Å². The molecule has 2 heteroatoms. The Morgan fingerprint density at radius 3 is 2.00 bits per heavy atom. The molecule has 1 atom stereocenters. The molecule has 1 aromatic rings. The second-order valence-corrected chi connectivity index (χ2v) is 3.64. The molecule has 0 fully saturated rings. The predicted octanol–water partition coefficient (Wildman–Crippen LogP) is 1.78. The van der Waals surface area contributed by atoms with E-state index in [-0.39, 0.29) is 6.10 Å². The number of ether oxygens (including phenoxy) is 1. The molecule has 13 heavy (non-hydrogen) atoms. The molecular weight excluding hydrogens is 162 g/mol. The zero-order valence-corrected chi connectivity index (χ0v) is 8.58. The molecule has 0 heterocycles. The van der Waals surface area contributed by atoms with Crippen LogP contribution < -0.4 is 10.5 Å². The third-order valence-corrected chi connectivity index (χ3v) is 1.82. The summed E-state index contributed by atoms with van der Waals surface area (Å²) in [5.74, 6) is 0.930. The SMILES string of the molecule is CC(C)Oc1ccc([C@@H](C)[NH3+])cc1. The Morgan fingerprint density at radius 2 is 1.62 bits per heavy atom. The third-order valence-electron chi connectivity index (χ3n) is 1.82. The summed E-state index contributed by atoms with van der Waals surface area (Å²) in [6, 6.07) is 8.46. The summed E-state index contributed by atoms with van der Waals surface area (Å²) in [6.45, 7) is 6.13. The highest BCUT2D eigenvalue weighted by atomic mass is 16.5. The molecule has 0 spiro atoms. The molecular formula is C11H18NO+. The van der Waals surface area contributed by atoms with E-state index in [1.807, 2.05) is 26.0 Å². The van der Waals surface area contributed by atoms with Gasteiger partial charge in [0.25, 0.3) is 0 Å². The normalized spacial score (nSPS) is 13.0. The highest BCUT2D eigenvalue weighted by molar-refractivity contribution is 5.28. The fraction of sp³-hybridized carbons (Fsp3) is 0.455. The van der Waals surface area contributed by atoms with E-state index in [0.29, 0.717) is 6.04 Å². The minimum atomic E-state index is 0.239. The second-order valence-electron chi connectivity index (χ2n) is 3.64. The zero-order chi connectivity index (χ0) is 9.84. The lowest BCUT2D eigenvalue weighted by molar-refractivity contribution is -0.420. The molecule has 72 valence electrons. The molecule has 0 aliphatic heterocycles. The lowest BCUT2D eigenvalue weighted by Crippen LogP contribution is -2.51. The van der Waals surface area contributed by atoms with E-state index in [2.05, 4.69) is 24.8 Å². The van der Waals surface area contributed by atoms with E-state index >= 15 is 0 Å². The molecule has 0 unspecified atom stereocenters. The van der Waals surface area contributed by atoms with Crippen LogP contribution >= 0.6 is 0 Å². The summed E-state index contributed by atoms with van der Waals surface area (Å²) < 4.78 is 5.53. The van der Waals surface area contributed by atoms with Gasteiger partial charge in [0.2, 0.25) is 0 Å². The molecule has 0 saturated carbocycles. The van der Waals surface area contributed by atoms with E-state index in [1.54, 1.807) is 0 Å². The fourth-order valence-electron chi connectivity index (χ4n) is 1.15. The van der Waals surface area contributed by atoms with Crippen LogP contribution in [0.5, 0.6) is 5.75 Å². The summed E-state index contributed by atoms with van der Waals surface area (Å²) in [7, 11) is 0. The molecule has 0 saturated heterocycles. The Bertz CT molecular complexity index is 251. The van der Waals surface area contributed by atoms with Gasteiger partial charge in [0.15, 0.2) is 0 Å². The first-order valence-electron chi connectivity index (χ1n) is 4.69. The van der Waals surface area contributed by atoms with Crippen LogP contribution in [-0.4, -0.2) is 6.10 Å². The summed E-state index contributed by atoms with van der Waals surface area (Å²) in [5, 5.41) is 0. The quantitative estimate of drug-likeness (QED) is 0.756. The van der Waals surface area contributed by atoms with E-state index in [9.17, 15) is 0 Å². The average molecular weight is 180 g/mol. The smallest absolute Gasteiger partial charge is 0.119 e. The molecule has 0 bridgehead atoms. The van der Waals surface area contributed by atoms with Crippen molar-refractivity contribution in [1.29, 1.82) is 0 Å². The van der Waals surface area contributed by atoms with Gasteiger partial charge in [0, 0.05) is 5.56 Å². The summed E-state index contributed by atoms with van der Waals surface area (Å²) in [5.41, 5.74) is 5.20. The summed E-state index contributed by atoms with van der Waals surface area (Å²) in [4.78, 5) is 0. The van der Waals surface area contributed by atoms with Gasteiger partial charge in [-0.15, -0.1) is 0 Å². The van der Waals surface area contributed by atoms with Gasteiger partial charge in [-0.3, -0.25) is 0 Å². The second kappa shape index (κ2) is 4.28. The van der Waals surface area contributed by atoms with Crippen LogP contribution in [-0.2, 0) is 0 Å². The van der Waals surface area contributed by atoms with Gasteiger partial charge in [0.1, 0.15) is 11.8 Å². The molecule has 1 rings (SSSR count). The molecule has 0 radical (unpaired) electrons. The predicted molar refractivity (Wildman–Crippen MR) is 53.5 cm³/mol. The van der Waals surface area contributed by atoms with E-state index in [0.717, 1.165) is 5.75 Å². The highest BCUT2D eigenvalue weighted by Gasteiger charge is 2.02. The fourth-order valence-corrected chi connectivity index (χ4v) is 1.15. The van der Waals surface area contributed by atoms with Crippen LogP contribution in [0.3, 0.4) is 0 Å². The molecule has 0 amide bonds. The van der Waals surface area contributed by atoms with Gasteiger partial charge in [-0.2, -0.15) is 0 Å². The first kappa shape index (κ1) is 10.1. The first-order valence-corrected chi connectivity index (χ1v) is 4.69. The average Bonchev–Trinajstić information content (AvgIpc) is 2.04. The molecule has 0 aromatic heterocycles. The third kappa shape index (κ3) is 3.07. The maximum atomic E-state index is 5.53. The lowest BCUT2D eigenvalue weighted by Gasteiger charge is -2.10. The van der Waals surface area contributed by atoms with Crippen molar-refractivity contribution in [3.63, 3.8) is 0 Å². The van der Waals surface area contributed by atoms with Crippen molar-refractivity contribution < 1.29 is 10.5 Å². The van der Waals surface area contributed by atoms with Crippen LogP contribution in [0.1, 0.15) is 32.4 Å². The van der Waals surface area contributed by atoms with Gasteiger partial charge < -0.3 is 10.5 Å². The Balaban J connectivity index is 2.70. The van der Waals surface area contributed by atoms with Gasteiger partial charge >= 0.3 is 0 Å². The standard InChI is InChI=1S/C11H17NO/c1-8(2)13-11-6-4-10(5-7-11)9(3)12/h4-9H,12H2,1-3H3/p+1/t9-/m1/s1. The molecule has 3 N–H and O–H groups in total. The monoisotopic (exact) mass is 180 g/mol. The maximum Gasteiger partial charge on any atom is 0.119 e. The first-order chi connectivity index (χ1) is 6.09. The number of quaternary nitrogens is 1. The van der Waals surface area contributed by atoms with Crippen molar-refractivity contribution in [2.75, 3.05) is 0 Å². The maximum absolute atomic E-state index is 5.53. The summed E-state index contributed by atoms with van der Waals surface area (Å²) >= 11 is 0.